The van der Waals surface area contributed by atoms with Gasteiger partial charge in [0.05, 0.1) is 12.2 Å². The minimum Gasteiger partial charge on any atom is -0.481 e. The molecule has 6 heteroatoms. The van der Waals surface area contributed by atoms with E-state index < -0.39 is 18.2 Å². The Morgan fingerprint density at radius 1 is 1.08 bits per heavy atom. The van der Waals surface area contributed by atoms with Gasteiger partial charge in [-0.2, -0.15) is 0 Å². The van der Waals surface area contributed by atoms with Crippen LogP contribution in [0.3, 0.4) is 0 Å². The fraction of sp³-hybridized carbons (Fsp3) is 0.650. The second kappa shape index (κ2) is 15.5. The van der Waals surface area contributed by atoms with Gasteiger partial charge in [-0.05, 0) is 37.5 Å². The van der Waals surface area contributed by atoms with E-state index in [1.165, 1.54) is 32.1 Å². The summed E-state index contributed by atoms with van der Waals surface area (Å²) < 4.78 is 0. The van der Waals surface area contributed by atoms with Gasteiger partial charge < -0.3 is 15.3 Å². The fourth-order valence-electron chi connectivity index (χ4n) is 2.66. The predicted molar refractivity (Wildman–Crippen MR) is 104 cm³/mol. The summed E-state index contributed by atoms with van der Waals surface area (Å²) in [6, 6.07) is 3.90. The summed E-state index contributed by atoms with van der Waals surface area (Å²) in [5.41, 5.74) is 0. The van der Waals surface area contributed by atoms with E-state index in [0.717, 1.165) is 22.6 Å². The Kier molecular flexibility index (Phi) is 15.1. The van der Waals surface area contributed by atoms with Crippen molar-refractivity contribution >= 4 is 23.4 Å². The molecule has 0 bridgehead atoms. The summed E-state index contributed by atoms with van der Waals surface area (Å²) in [7, 11) is 0. The Bertz CT molecular complexity index is 516. The van der Waals surface area contributed by atoms with Gasteiger partial charge in [0.1, 0.15) is 0 Å². The molecular formula is C20H32LiO4S+. The smallest absolute Gasteiger partial charge is 0.481 e. The molecule has 1 aromatic heterocycles. The zero-order chi connectivity index (χ0) is 18.5. The first kappa shape index (κ1) is 25.4. The van der Waals surface area contributed by atoms with Gasteiger partial charge >= 0.3 is 24.8 Å². The number of aliphatic hydroxyl groups is 2. The van der Waals surface area contributed by atoms with Crippen LogP contribution in [0.1, 0.15) is 87.0 Å². The molecule has 0 radical (unpaired) electrons. The van der Waals surface area contributed by atoms with Crippen LogP contribution in [0, 0.1) is 0 Å². The van der Waals surface area contributed by atoms with Gasteiger partial charge in [0.2, 0.25) is 0 Å². The molecule has 26 heavy (non-hydrogen) atoms. The molecule has 0 fully saturated rings. The largest absolute Gasteiger partial charge is 1.00 e. The number of hydrogen-bond donors (Lipinski definition) is 3. The van der Waals surface area contributed by atoms with Crippen LogP contribution < -0.4 is 18.9 Å². The number of hydrogen-bond acceptors (Lipinski definition) is 4. The number of carbonyl (C=O) groups is 1. The molecule has 4 nitrogen and oxygen atoms in total. The zero-order valence-corrected chi connectivity index (χ0v) is 17.0. The summed E-state index contributed by atoms with van der Waals surface area (Å²) in [4.78, 5) is 12.4. The topological polar surface area (TPSA) is 77.8 Å². The molecule has 2 unspecified atom stereocenters. The molecular weight excluding hydrogens is 343 g/mol. The Morgan fingerprint density at radius 3 is 2.46 bits per heavy atom. The first-order valence-corrected chi connectivity index (χ1v) is 10.2. The molecule has 142 valence electrons. The molecule has 0 aromatic carbocycles. The maximum absolute atomic E-state index is 10.4. The van der Waals surface area contributed by atoms with Crippen molar-refractivity contribution in [1.82, 2.24) is 0 Å². The quantitative estimate of drug-likeness (QED) is 0.344. The van der Waals surface area contributed by atoms with Crippen molar-refractivity contribution in [2.45, 2.75) is 83.3 Å². The summed E-state index contributed by atoms with van der Waals surface area (Å²) in [6.45, 7) is 2.21. The molecule has 0 saturated heterocycles. The van der Waals surface area contributed by atoms with Crippen molar-refractivity contribution in [1.29, 1.82) is 0 Å². The van der Waals surface area contributed by atoms with Crippen LogP contribution in [0.25, 0.3) is 6.08 Å². The van der Waals surface area contributed by atoms with E-state index in [2.05, 4.69) is 6.92 Å². The Morgan fingerprint density at radius 2 is 1.77 bits per heavy atom. The molecule has 1 aromatic rings. The van der Waals surface area contributed by atoms with Crippen LogP contribution in [0.2, 0.25) is 0 Å². The van der Waals surface area contributed by atoms with Gasteiger partial charge in [-0.15, -0.1) is 11.3 Å². The molecule has 0 spiro atoms. The molecule has 0 saturated carbocycles. The predicted octanol–water partition coefficient (Wildman–Crippen LogP) is 2.17. The van der Waals surface area contributed by atoms with E-state index in [0.29, 0.717) is 12.8 Å². The summed E-state index contributed by atoms with van der Waals surface area (Å²) in [5.74, 6) is -0.835. The van der Waals surface area contributed by atoms with E-state index in [4.69, 9.17) is 5.11 Å². The second-order valence-electron chi connectivity index (χ2n) is 6.52. The van der Waals surface area contributed by atoms with Gasteiger partial charge in [-0.3, -0.25) is 4.79 Å². The minimum atomic E-state index is -0.835. The number of unbranched alkanes of at least 4 members (excludes halogenated alkanes) is 5. The first-order chi connectivity index (χ1) is 12.0. The molecule has 0 aliphatic heterocycles. The standard InChI is InChI=1S/C20H32O4S.Li/c1-2-3-4-5-6-7-10-18(22)19-15-14-17(25-19)13-12-16(21)9-8-11-20(23)24;/h12-16,18,21-22H,2-11H2,1H3,(H,23,24);/q;+1/b13-12-;. The maximum atomic E-state index is 10.4. The molecule has 2 atom stereocenters. The molecule has 3 N–H and O–H groups in total. The van der Waals surface area contributed by atoms with E-state index in [-0.39, 0.29) is 25.3 Å². The van der Waals surface area contributed by atoms with Crippen LogP contribution in [-0.4, -0.2) is 27.4 Å². The number of rotatable bonds is 14. The summed E-state index contributed by atoms with van der Waals surface area (Å²) in [5, 5.41) is 28.7. The van der Waals surface area contributed by atoms with Crippen molar-refractivity contribution in [3.05, 3.63) is 28.0 Å². The van der Waals surface area contributed by atoms with E-state index in [9.17, 15) is 15.0 Å². The minimum absolute atomic E-state index is 0. The third kappa shape index (κ3) is 11.9. The number of aliphatic hydroxyl groups excluding tert-OH is 2. The SMILES string of the molecule is CCCCCCCCC(O)c1ccc(/C=C\C(O)CCCC(=O)O)s1.[Li+]. The Hall–Kier alpha value is -0.573. The first-order valence-electron chi connectivity index (χ1n) is 9.38. The van der Waals surface area contributed by atoms with Crippen molar-refractivity contribution in [3.63, 3.8) is 0 Å². The summed E-state index contributed by atoms with van der Waals surface area (Å²) in [6.07, 6.45) is 11.6. The summed E-state index contributed by atoms with van der Waals surface area (Å²) >= 11 is 1.54. The number of thiophene rings is 1. The Balaban J connectivity index is 0.00000625. The van der Waals surface area contributed by atoms with E-state index >= 15 is 0 Å². The Labute approximate surface area is 173 Å². The number of carboxylic acids is 1. The van der Waals surface area contributed by atoms with Gasteiger partial charge in [0, 0.05) is 16.2 Å². The van der Waals surface area contributed by atoms with Crippen LogP contribution in [-0.2, 0) is 4.79 Å². The third-order valence-electron chi connectivity index (χ3n) is 4.18. The maximum Gasteiger partial charge on any atom is 1.00 e. The fourth-order valence-corrected chi connectivity index (χ4v) is 3.61. The van der Waals surface area contributed by atoms with Gasteiger partial charge in [0.15, 0.2) is 0 Å². The average Bonchev–Trinajstić information content (AvgIpc) is 3.05. The van der Waals surface area contributed by atoms with Crippen molar-refractivity contribution in [2.24, 2.45) is 0 Å². The van der Waals surface area contributed by atoms with Crippen LogP contribution in [0.5, 0.6) is 0 Å². The average molecular weight is 375 g/mol. The van der Waals surface area contributed by atoms with Crippen LogP contribution in [0.4, 0.5) is 0 Å². The molecule has 1 heterocycles. The third-order valence-corrected chi connectivity index (χ3v) is 5.33. The normalized spacial score (nSPS) is 13.5. The molecule has 0 aliphatic carbocycles. The van der Waals surface area contributed by atoms with E-state index in [1.807, 2.05) is 18.2 Å². The number of aliphatic carboxylic acids is 1. The monoisotopic (exact) mass is 375 g/mol. The molecule has 0 aliphatic rings. The van der Waals surface area contributed by atoms with Crippen molar-refractivity contribution in [2.75, 3.05) is 0 Å². The second-order valence-corrected chi connectivity index (χ2v) is 7.67. The van der Waals surface area contributed by atoms with Crippen LogP contribution >= 0.6 is 11.3 Å². The van der Waals surface area contributed by atoms with Crippen molar-refractivity contribution < 1.29 is 39.0 Å². The van der Waals surface area contributed by atoms with Crippen LogP contribution in [0.15, 0.2) is 18.2 Å². The van der Waals surface area contributed by atoms with Gasteiger partial charge in [-0.1, -0.05) is 51.5 Å². The van der Waals surface area contributed by atoms with Gasteiger partial charge in [-0.25, -0.2) is 0 Å². The van der Waals surface area contributed by atoms with E-state index in [1.54, 1.807) is 17.4 Å². The molecule has 1 rings (SSSR count). The number of carboxylic acid groups (broad SMARTS) is 1. The van der Waals surface area contributed by atoms with Gasteiger partial charge in [0.25, 0.3) is 0 Å². The van der Waals surface area contributed by atoms with Crippen molar-refractivity contribution in [3.8, 4) is 0 Å². The molecule has 0 amide bonds. The zero-order valence-electron chi connectivity index (χ0n) is 16.2.